The third kappa shape index (κ3) is 6.30. The molecule has 0 radical (unpaired) electrons. The van der Waals surface area contributed by atoms with Crippen molar-refractivity contribution < 1.29 is 9.59 Å². The highest BCUT2D eigenvalue weighted by Gasteiger charge is 2.32. The molecule has 0 bridgehead atoms. The van der Waals surface area contributed by atoms with Crippen LogP contribution in [0.1, 0.15) is 51.5 Å². The van der Waals surface area contributed by atoms with Crippen LogP contribution in [0.5, 0.6) is 0 Å². The fraction of sp³-hybridized carbons (Fsp3) is 0.667. The van der Waals surface area contributed by atoms with Crippen LogP contribution in [0.4, 0.5) is 0 Å². The van der Waals surface area contributed by atoms with E-state index in [4.69, 9.17) is 0 Å². The predicted octanol–water partition coefficient (Wildman–Crippen LogP) is 3.40. The molecule has 0 saturated carbocycles. The Morgan fingerprint density at radius 3 is 2.41 bits per heavy atom. The molecular formula is C24H37N3O2. The number of amides is 2. The zero-order chi connectivity index (χ0) is 20.6. The quantitative estimate of drug-likeness (QED) is 0.706. The van der Waals surface area contributed by atoms with Crippen LogP contribution >= 0.6 is 0 Å². The zero-order valence-corrected chi connectivity index (χ0v) is 18.2. The van der Waals surface area contributed by atoms with E-state index in [0.29, 0.717) is 31.5 Å². The summed E-state index contributed by atoms with van der Waals surface area (Å²) in [5.41, 5.74) is 1.24. The van der Waals surface area contributed by atoms with Gasteiger partial charge in [-0.15, -0.1) is 0 Å². The van der Waals surface area contributed by atoms with E-state index in [1.165, 1.54) is 12.0 Å². The third-order valence-electron chi connectivity index (χ3n) is 6.31. The Morgan fingerprint density at radius 1 is 1.03 bits per heavy atom. The maximum absolute atomic E-state index is 12.9. The van der Waals surface area contributed by atoms with Crippen molar-refractivity contribution in [1.29, 1.82) is 0 Å². The summed E-state index contributed by atoms with van der Waals surface area (Å²) in [5.74, 6) is 1.23. The molecule has 3 rings (SSSR count). The first-order valence-electron chi connectivity index (χ1n) is 11.4. The van der Waals surface area contributed by atoms with Crippen LogP contribution in [-0.4, -0.2) is 65.8 Å². The van der Waals surface area contributed by atoms with E-state index in [1.54, 1.807) is 0 Å². The second-order valence-electron chi connectivity index (χ2n) is 8.88. The molecule has 2 heterocycles. The van der Waals surface area contributed by atoms with Gasteiger partial charge in [0.25, 0.3) is 0 Å². The molecule has 0 N–H and O–H groups in total. The Hall–Kier alpha value is -1.88. The van der Waals surface area contributed by atoms with Gasteiger partial charge < -0.3 is 9.80 Å². The Labute approximate surface area is 176 Å². The van der Waals surface area contributed by atoms with E-state index in [1.807, 2.05) is 23.1 Å². The number of carbonyl (C=O) groups excluding carboxylic acids is 2. The summed E-state index contributed by atoms with van der Waals surface area (Å²) < 4.78 is 0. The molecule has 2 aliphatic rings. The Morgan fingerprint density at radius 2 is 1.76 bits per heavy atom. The van der Waals surface area contributed by atoms with Crippen LogP contribution in [0.3, 0.4) is 0 Å². The van der Waals surface area contributed by atoms with Crippen molar-refractivity contribution in [3.63, 3.8) is 0 Å². The smallest absolute Gasteiger partial charge is 0.236 e. The van der Waals surface area contributed by atoms with Gasteiger partial charge in [-0.25, -0.2) is 0 Å². The lowest BCUT2D eigenvalue weighted by molar-refractivity contribution is -0.142. The number of likely N-dealkylation sites (tertiary alicyclic amines) is 2. The fourth-order valence-electron chi connectivity index (χ4n) is 4.69. The minimum absolute atomic E-state index is 0.0976. The molecule has 2 aliphatic heterocycles. The number of carbonyl (C=O) groups is 2. The van der Waals surface area contributed by atoms with Crippen molar-refractivity contribution in [2.24, 2.45) is 11.8 Å². The molecule has 2 saturated heterocycles. The molecule has 5 nitrogen and oxygen atoms in total. The van der Waals surface area contributed by atoms with Crippen molar-refractivity contribution in [1.82, 2.24) is 14.7 Å². The first kappa shape index (κ1) is 21.8. The summed E-state index contributed by atoms with van der Waals surface area (Å²) >= 11 is 0. The zero-order valence-electron chi connectivity index (χ0n) is 18.2. The number of hydrogen-bond donors (Lipinski definition) is 0. The van der Waals surface area contributed by atoms with Crippen molar-refractivity contribution in [3.05, 3.63) is 35.9 Å². The molecule has 29 heavy (non-hydrogen) atoms. The van der Waals surface area contributed by atoms with E-state index in [9.17, 15) is 9.59 Å². The molecule has 0 aliphatic carbocycles. The summed E-state index contributed by atoms with van der Waals surface area (Å²) in [4.78, 5) is 32.0. The van der Waals surface area contributed by atoms with E-state index >= 15 is 0 Å². The van der Waals surface area contributed by atoms with Crippen LogP contribution in [-0.2, 0) is 16.1 Å². The maximum Gasteiger partial charge on any atom is 0.236 e. The molecule has 0 spiro atoms. The number of benzene rings is 1. The van der Waals surface area contributed by atoms with E-state index in [0.717, 1.165) is 51.9 Å². The monoisotopic (exact) mass is 399 g/mol. The standard InChI is InChI=1S/C24H37N3O2/c1-3-13-25(18-21-9-5-4-6-10-21)19-23(28)26-15-11-22(12-16-26)24(29)27-14-7-8-20(2)17-27/h4-6,9-10,20,22H,3,7-8,11-19H2,1-2H3. The maximum atomic E-state index is 12.9. The van der Waals surface area contributed by atoms with Crippen LogP contribution in [0, 0.1) is 11.8 Å². The molecule has 2 fully saturated rings. The topological polar surface area (TPSA) is 43.9 Å². The van der Waals surface area contributed by atoms with Gasteiger partial charge >= 0.3 is 0 Å². The highest BCUT2D eigenvalue weighted by atomic mass is 16.2. The summed E-state index contributed by atoms with van der Waals surface area (Å²) in [6.07, 6.45) is 5.00. The van der Waals surface area contributed by atoms with Crippen molar-refractivity contribution >= 4 is 11.8 Å². The average molecular weight is 400 g/mol. The molecule has 1 unspecified atom stereocenters. The van der Waals surface area contributed by atoms with Gasteiger partial charge in [-0.3, -0.25) is 14.5 Å². The van der Waals surface area contributed by atoms with E-state index in [-0.39, 0.29) is 11.8 Å². The van der Waals surface area contributed by atoms with Crippen LogP contribution in [0.2, 0.25) is 0 Å². The Bertz CT molecular complexity index is 655. The highest BCUT2D eigenvalue weighted by Crippen LogP contribution is 2.23. The molecule has 5 heteroatoms. The first-order chi connectivity index (χ1) is 14.1. The number of piperidine rings is 2. The summed E-state index contributed by atoms with van der Waals surface area (Å²) in [7, 11) is 0. The van der Waals surface area contributed by atoms with Crippen LogP contribution < -0.4 is 0 Å². The molecule has 0 aromatic heterocycles. The Kier molecular flexibility index (Phi) is 8.10. The predicted molar refractivity (Wildman–Crippen MR) is 116 cm³/mol. The van der Waals surface area contributed by atoms with E-state index < -0.39 is 0 Å². The lowest BCUT2D eigenvalue weighted by Crippen LogP contribution is -2.48. The SMILES string of the molecule is CCCN(CC(=O)N1CCC(C(=O)N2CCCC(C)C2)CC1)Cc1ccccc1. The van der Waals surface area contributed by atoms with Crippen molar-refractivity contribution in [2.45, 2.75) is 52.5 Å². The molecular weight excluding hydrogens is 362 g/mol. The minimum Gasteiger partial charge on any atom is -0.342 e. The number of nitrogens with zero attached hydrogens (tertiary/aromatic N) is 3. The first-order valence-corrected chi connectivity index (χ1v) is 11.4. The largest absolute Gasteiger partial charge is 0.342 e. The number of hydrogen-bond acceptors (Lipinski definition) is 3. The fourth-order valence-corrected chi connectivity index (χ4v) is 4.69. The van der Waals surface area contributed by atoms with Gasteiger partial charge in [0.1, 0.15) is 0 Å². The third-order valence-corrected chi connectivity index (χ3v) is 6.31. The average Bonchev–Trinajstić information content (AvgIpc) is 2.74. The van der Waals surface area contributed by atoms with Gasteiger partial charge in [-0.05, 0) is 50.1 Å². The van der Waals surface area contributed by atoms with Gasteiger partial charge in [0.2, 0.25) is 11.8 Å². The second kappa shape index (κ2) is 10.8. The van der Waals surface area contributed by atoms with Gasteiger partial charge in [0, 0.05) is 38.6 Å². The highest BCUT2D eigenvalue weighted by molar-refractivity contribution is 5.81. The summed E-state index contributed by atoms with van der Waals surface area (Å²) in [6, 6.07) is 10.4. The van der Waals surface area contributed by atoms with Gasteiger partial charge in [0.05, 0.1) is 6.54 Å². The van der Waals surface area contributed by atoms with Crippen LogP contribution in [0.15, 0.2) is 30.3 Å². The molecule has 1 aromatic rings. The van der Waals surface area contributed by atoms with Gasteiger partial charge in [-0.1, -0.05) is 44.2 Å². The number of rotatable bonds is 7. The summed E-state index contributed by atoms with van der Waals surface area (Å²) in [5, 5.41) is 0. The van der Waals surface area contributed by atoms with Crippen molar-refractivity contribution in [2.75, 3.05) is 39.3 Å². The summed E-state index contributed by atoms with van der Waals surface area (Å²) in [6.45, 7) is 9.82. The van der Waals surface area contributed by atoms with Crippen LogP contribution in [0.25, 0.3) is 0 Å². The second-order valence-corrected chi connectivity index (χ2v) is 8.88. The lowest BCUT2D eigenvalue weighted by Gasteiger charge is -2.37. The normalized spacial score (nSPS) is 20.9. The lowest BCUT2D eigenvalue weighted by atomic mass is 9.92. The van der Waals surface area contributed by atoms with E-state index in [2.05, 4.69) is 35.8 Å². The minimum atomic E-state index is 0.0976. The van der Waals surface area contributed by atoms with Gasteiger partial charge in [0.15, 0.2) is 0 Å². The molecule has 1 aromatic carbocycles. The molecule has 2 amide bonds. The molecule has 1 atom stereocenters. The Balaban J connectivity index is 1.47. The van der Waals surface area contributed by atoms with Gasteiger partial charge in [-0.2, -0.15) is 0 Å². The van der Waals surface area contributed by atoms with Crippen molar-refractivity contribution in [3.8, 4) is 0 Å². The molecule has 160 valence electrons.